The van der Waals surface area contributed by atoms with Gasteiger partial charge in [0, 0.05) is 84.3 Å². The smallest absolute Gasteiger partial charge is 0.229 e. The number of carbonyl (C=O) groups excluding carboxylic acids is 5. The zero-order valence-electron chi connectivity index (χ0n) is 24.1. The van der Waals surface area contributed by atoms with Crippen LogP contribution in [-0.4, -0.2) is 151 Å². The summed E-state index contributed by atoms with van der Waals surface area (Å²) in [5, 5.41) is 41.9. The van der Waals surface area contributed by atoms with E-state index in [9.17, 15) is 34.2 Å². The maximum absolute atomic E-state index is 12.2. The Morgan fingerprint density at radius 2 is 1.00 bits per heavy atom. The van der Waals surface area contributed by atoms with Crippen LogP contribution in [0.25, 0.3) is 0 Å². The molecule has 0 aromatic heterocycles. The van der Waals surface area contributed by atoms with Crippen molar-refractivity contribution in [1.29, 1.82) is 0 Å². The molecule has 2 atom stereocenters. The second-order valence-electron chi connectivity index (χ2n) is 9.31. The monoisotopic (exact) mass is 609 g/mol. The molecule has 0 aliphatic rings. The predicted molar refractivity (Wildman–Crippen MR) is 153 cm³/mol. The SMILES string of the molecule is CCNC(=O)CC(=O)NCCN(CCNC(=O)CC(=O)NCCN(CCNC(=O)CC)CC(O)CO)CC(O)CCl. The van der Waals surface area contributed by atoms with Gasteiger partial charge in [0.1, 0.15) is 12.8 Å². The van der Waals surface area contributed by atoms with Crippen molar-refractivity contribution in [3.05, 3.63) is 0 Å². The molecule has 0 bridgehead atoms. The van der Waals surface area contributed by atoms with E-state index < -0.39 is 43.0 Å². The number of hydrogen-bond acceptors (Lipinski definition) is 10. The molecule has 16 heteroatoms. The van der Waals surface area contributed by atoms with Gasteiger partial charge in [0.15, 0.2) is 0 Å². The highest BCUT2D eigenvalue weighted by atomic mass is 35.5. The van der Waals surface area contributed by atoms with Gasteiger partial charge in [-0.1, -0.05) is 6.92 Å². The van der Waals surface area contributed by atoms with Gasteiger partial charge in [-0.25, -0.2) is 0 Å². The summed E-state index contributed by atoms with van der Waals surface area (Å²) in [5.41, 5.74) is 0. The Balaban J connectivity index is 4.48. The van der Waals surface area contributed by atoms with Crippen molar-refractivity contribution >= 4 is 41.1 Å². The van der Waals surface area contributed by atoms with Gasteiger partial charge in [0.05, 0.1) is 18.8 Å². The van der Waals surface area contributed by atoms with Crippen LogP contribution in [0.3, 0.4) is 0 Å². The lowest BCUT2D eigenvalue weighted by Gasteiger charge is -2.25. The zero-order valence-corrected chi connectivity index (χ0v) is 24.9. The van der Waals surface area contributed by atoms with Gasteiger partial charge in [-0.3, -0.25) is 33.8 Å². The van der Waals surface area contributed by atoms with Gasteiger partial charge in [0.2, 0.25) is 29.5 Å². The van der Waals surface area contributed by atoms with Crippen molar-refractivity contribution in [3.8, 4) is 0 Å². The summed E-state index contributed by atoms with van der Waals surface area (Å²) in [6.45, 7) is 6.22. The fourth-order valence-corrected chi connectivity index (χ4v) is 3.67. The molecule has 0 heterocycles. The summed E-state index contributed by atoms with van der Waals surface area (Å²) >= 11 is 5.70. The molecule has 0 fully saturated rings. The number of nitrogens with zero attached hydrogens (tertiary/aromatic N) is 2. The van der Waals surface area contributed by atoms with Gasteiger partial charge in [-0.2, -0.15) is 0 Å². The summed E-state index contributed by atoms with van der Waals surface area (Å²) < 4.78 is 0. The first kappa shape index (κ1) is 38.4. The van der Waals surface area contributed by atoms with Crippen LogP contribution in [0.2, 0.25) is 0 Å². The van der Waals surface area contributed by atoms with Gasteiger partial charge < -0.3 is 41.9 Å². The Hall–Kier alpha value is -2.56. The molecule has 0 saturated heterocycles. The second kappa shape index (κ2) is 24.1. The van der Waals surface area contributed by atoms with Crippen LogP contribution in [0, 0.1) is 0 Å². The Morgan fingerprint density at radius 3 is 1.34 bits per heavy atom. The van der Waals surface area contributed by atoms with E-state index in [1.165, 1.54) is 0 Å². The minimum absolute atomic E-state index is 0.0103. The number of alkyl halides is 1. The highest BCUT2D eigenvalue weighted by molar-refractivity contribution is 6.18. The van der Waals surface area contributed by atoms with Crippen molar-refractivity contribution in [2.75, 3.05) is 84.5 Å². The number of hydrogen-bond donors (Lipinski definition) is 8. The largest absolute Gasteiger partial charge is 0.394 e. The molecule has 0 spiro atoms. The van der Waals surface area contributed by atoms with Gasteiger partial charge in [-0.05, 0) is 6.92 Å². The molecular formula is C25H48ClN7O8. The van der Waals surface area contributed by atoms with E-state index in [-0.39, 0.29) is 56.8 Å². The van der Waals surface area contributed by atoms with Crippen LogP contribution >= 0.6 is 11.6 Å². The Labute approximate surface area is 246 Å². The van der Waals surface area contributed by atoms with Crippen LogP contribution in [0.4, 0.5) is 0 Å². The van der Waals surface area contributed by atoms with Gasteiger partial charge >= 0.3 is 0 Å². The van der Waals surface area contributed by atoms with E-state index >= 15 is 0 Å². The predicted octanol–water partition coefficient (Wildman–Crippen LogP) is -3.67. The number of carbonyl (C=O) groups is 5. The van der Waals surface area contributed by atoms with Crippen molar-refractivity contribution in [2.24, 2.45) is 0 Å². The first-order valence-electron chi connectivity index (χ1n) is 13.9. The zero-order chi connectivity index (χ0) is 31.0. The average molecular weight is 610 g/mol. The summed E-state index contributed by atoms with van der Waals surface area (Å²) in [6.07, 6.45) is -2.11. The summed E-state index contributed by atoms with van der Waals surface area (Å²) in [7, 11) is 0. The van der Waals surface area contributed by atoms with Crippen LogP contribution < -0.4 is 26.6 Å². The maximum Gasteiger partial charge on any atom is 0.229 e. The molecule has 0 saturated carbocycles. The van der Waals surface area contributed by atoms with E-state index in [4.69, 9.17) is 16.7 Å². The molecule has 0 aromatic rings. The Bertz CT molecular complexity index is 793. The number of nitrogens with one attached hydrogen (secondary N) is 5. The number of amides is 5. The molecule has 0 radical (unpaired) electrons. The first-order valence-corrected chi connectivity index (χ1v) is 14.4. The van der Waals surface area contributed by atoms with Crippen LogP contribution in [0.15, 0.2) is 0 Å². The Morgan fingerprint density at radius 1 is 0.634 bits per heavy atom. The third-order valence-electron chi connectivity index (χ3n) is 5.66. The molecule has 0 aliphatic heterocycles. The lowest BCUT2D eigenvalue weighted by molar-refractivity contribution is -0.130. The van der Waals surface area contributed by atoms with E-state index in [1.54, 1.807) is 23.6 Å². The van der Waals surface area contributed by atoms with E-state index in [1.807, 2.05) is 0 Å². The fourth-order valence-electron chi connectivity index (χ4n) is 3.57. The number of rotatable bonds is 24. The lowest BCUT2D eigenvalue weighted by Crippen LogP contribution is -2.44. The van der Waals surface area contributed by atoms with Gasteiger partial charge in [-0.15, -0.1) is 11.6 Å². The molecule has 0 aliphatic carbocycles. The van der Waals surface area contributed by atoms with Crippen molar-refractivity contribution in [2.45, 2.75) is 45.3 Å². The van der Waals surface area contributed by atoms with E-state index in [2.05, 4.69) is 26.6 Å². The quantitative estimate of drug-likeness (QED) is 0.0397. The minimum atomic E-state index is -0.966. The Kier molecular flexibility index (Phi) is 22.6. The highest BCUT2D eigenvalue weighted by Gasteiger charge is 2.15. The summed E-state index contributed by atoms with van der Waals surface area (Å²) in [6, 6.07) is 0. The summed E-state index contributed by atoms with van der Waals surface area (Å²) in [5.74, 6) is -1.88. The molecule has 2 unspecified atom stereocenters. The number of aliphatic hydroxyl groups excluding tert-OH is 3. The molecule has 15 nitrogen and oxygen atoms in total. The maximum atomic E-state index is 12.2. The van der Waals surface area contributed by atoms with Gasteiger partial charge in [0.25, 0.3) is 0 Å². The van der Waals surface area contributed by atoms with Crippen LogP contribution in [0.1, 0.15) is 33.1 Å². The van der Waals surface area contributed by atoms with E-state index in [0.717, 1.165) is 0 Å². The highest BCUT2D eigenvalue weighted by Crippen LogP contribution is 1.96. The molecular weight excluding hydrogens is 562 g/mol. The lowest BCUT2D eigenvalue weighted by atomic mass is 10.3. The fraction of sp³-hybridized carbons (Fsp3) is 0.800. The molecule has 0 aromatic carbocycles. The van der Waals surface area contributed by atoms with Crippen molar-refractivity contribution in [3.63, 3.8) is 0 Å². The van der Waals surface area contributed by atoms with Crippen molar-refractivity contribution < 1.29 is 39.3 Å². The molecule has 8 N–H and O–H groups in total. The van der Waals surface area contributed by atoms with E-state index in [0.29, 0.717) is 45.7 Å². The third kappa shape index (κ3) is 21.8. The number of halogens is 1. The van der Waals surface area contributed by atoms with Crippen LogP contribution in [0.5, 0.6) is 0 Å². The average Bonchev–Trinajstić information content (AvgIpc) is 2.92. The molecule has 5 amide bonds. The topological polar surface area (TPSA) is 213 Å². The second-order valence-corrected chi connectivity index (χ2v) is 9.61. The first-order chi connectivity index (χ1) is 19.5. The minimum Gasteiger partial charge on any atom is -0.394 e. The van der Waals surface area contributed by atoms with Crippen molar-refractivity contribution in [1.82, 2.24) is 36.4 Å². The van der Waals surface area contributed by atoms with Crippen LogP contribution in [-0.2, 0) is 24.0 Å². The standard InChI is InChI=1S/C25H48ClN7O8/c1-3-21(37)28-5-9-33(17-20(36)18-34)12-8-31-25(41)14-24(40)30-7-11-32(16-19(35)15-26)10-6-29-23(39)13-22(38)27-4-2/h19-20,34-36H,3-18H2,1-2H3,(H,27,38)(H,28,37)(H,29,39)(H,30,40)(H,31,41). The number of aliphatic hydroxyl groups is 3. The normalized spacial score (nSPS) is 12.5. The molecule has 41 heavy (non-hydrogen) atoms. The molecule has 0 rings (SSSR count). The third-order valence-corrected chi connectivity index (χ3v) is 6.02. The molecule has 238 valence electrons. The summed E-state index contributed by atoms with van der Waals surface area (Å²) in [4.78, 5) is 62.7.